The molecule has 8 rings (SSSR count). The minimum absolute atomic E-state index is 0.0451. The Morgan fingerprint density at radius 1 is 1.05 bits per heavy atom. The molecule has 6 aromatic rings. The fourth-order valence-corrected chi connectivity index (χ4v) is 8.99. The average molecular weight is 860 g/mol. The standard InChI is InChI=1S/C39H36ClF6N9O3S/c1-38(2,3)54-16-18(15-48-54)27-9-7-21(22-6-8-26(40)29-32(22)53(4)51-37(29)52-59(5,57)58)30(49-27)24(12-17-10-19(41)13-20(42)11-17)33(36(47)56)55-34-28(31(50-55)35(43)44)23-14-25(23)39(34,45)46/h6-11,13,15-16,23-25,33,35H,12,14H2,1-5H3,(H2,47,56)(H,51,52)/t23-,24+,25+,33?/m0/s1. The number of anilines is 1. The second-order valence-corrected chi connectivity index (χ2v) is 18.2. The molecule has 4 heterocycles. The van der Waals surface area contributed by atoms with Gasteiger partial charge in [-0.1, -0.05) is 23.7 Å². The monoisotopic (exact) mass is 859 g/mol. The lowest BCUT2D eigenvalue weighted by molar-refractivity contribution is -0.122. The molecular weight excluding hydrogens is 824 g/mol. The fraction of sp³-hybridized carbons (Fsp3) is 0.359. The Morgan fingerprint density at radius 2 is 1.73 bits per heavy atom. The van der Waals surface area contributed by atoms with E-state index in [2.05, 4.69) is 20.0 Å². The van der Waals surface area contributed by atoms with Gasteiger partial charge in [-0.2, -0.15) is 24.1 Å². The fourth-order valence-electron chi connectivity index (χ4n) is 8.26. The van der Waals surface area contributed by atoms with Crippen molar-refractivity contribution in [2.75, 3.05) is 11.0 Å². The van der Waals surface area contributed by atoms with E-state index in [4.69, 9.17) is 22.3 Å². The van der Waals surface area contributed by atoms with Crippen LogP contribution in [0.25, 0.3) is 33.3 Å². The topological polar surface area (TPSA) is 156 Å². The van der Waals surface area contributed by atoms with E-state index in [-0.39, 0.29) is 56.2 Å². The third-order valence-corrected chi connectivity index (χ3v) is 11.7. The van der Waals surface area contributed by atoms with Gasteiger partial charge in [0.2, 0.25) is 15.9 Å². The summed E-state index contributed by atoms with van der Waals surface area (Å²) in [5, 5.41) is 13.1. The van der Waals surface area contributed by atoms with E-state index in [1.807, 2.05) is 20.8 Å². The molecule has 2 aromatic carbocycles. The van der Waals surface area contributed by atoms with Gasteiger partial charge < -0.3 is 5.73 Å². The molecule has 1 saturated carbocycles. The van der Waals surface area contributed by atoms with Gasteiger partial charge in [0.1, 0.15) is 29.1 Å². The van der Waals surface area contributed by atoms with Gasteiger partial charge in [0, 0.05) is 53.4 Å². The molecule has 1 unspecified atom stereocenters. The molecule has 1 fully saturated rings. The number of sulfonamides is 1. The third kappa shape index (κ3) is 7.00. The van der Waals surface area contributed by atoms with Crippen LogP contribution in [0.4, 0.5) is 32.2 Å². The van der Waals surface area contributed by atoms with Crippen molar-refractivity contribution in [1.29, 1.82) is 0 Å². The van der Waals surface area contributed by atoms with E-state index in [0.29, 0.717) is 21.9 Å². The number of halogens is 7. The summed E-state index contributed by atoms with van der Waals surface area (Å²) in [7, 11) is -2.35. The van der Waals surface area contributed by atoms with Crippen LogP contribution in [0.15, 0.2) is 54.9 Å². The van der Waals surface area contributed by atoms with Crippen molar-refractivity contribution in [2.45, 2.75) is 69.4 Å². The summed E-state index contributed by atoms with van der Waals surface area (Å²) in [5.41, 5.74) is 4.89. The van der Waals surface area contributed by atoms with Gasteiger partial charge in [-0.25, -0.2) is 30.7 Å². The SMILES string of the molecule is Cn1nc(NS(C)(=O)=O)c2c(Cl)ccc(-c3ccc(-c4cnn(C(C)(C)C)c4)nc3[C@@H](Cc3cc(F)cc(F)c3)C(C(N)=O)n3nc(C(F)F)c4c3C(F)(F)[C@@H]3C[C@H]43)c21. The first-order valence-corrected chi connectivity index (χ1v) is 20.5. The zero-order valence-corrected chi connectivity index (χ0v) is 33.6. The minimum atomic E-state index is -3.87. The van der Waals surface area contributed by atoms with E-state index in [1.165, 1.54) is 24.0 Å². The van der Waals surface area contributed by atoms with E-state index < -0.39 is 87.1 Å². The lowest BCUT2D eigenvalue weighted by Crippen LogP contribution is -2.37. The van der Waals surface area contributed by atoms with E-state index in [0.717, 1.165) is 18.4 Å². The number of aryl methyl sites for hydroxylation is 1. The Balaban J connectivity index is 1.45. The number of benzene rings is 2. The number of primary amides is 1. The predicted octanol–water partition coefficient (Wildman–Crippen LogP) is 7.95. The highest BCUT2D eigenvalue weighted by Crippen LogP contribution is 2.68. The smallest absolute Gasteiger partial charge is 0.293 e. The first kappa shape index (κ1) is 40.4. The molecule has 0 radical (unpaired) electrons. The Bertz CT molecular complexity index is 2800. The molecule has 310 valence electrons. The zero-order chi connectivity index (χ0) is 42.7. The van der Waals surface area contributed by atoms with Crippen LogP contribution >= 0.6 is 11.6 Å². The van der Waals surface area contributed by atoms with Gasteiger partial charge in [0.05, 0.1) is 45.3 Å². The predicted molar refractivity (Wildman–Crippen MR) is 207 cm³/mol. The largest absolute Gasteiger partial charge is 0.368 e. The van der Waals surface area contributed by atoms with Crippen molar-refractivity contribution >= 4 is 44.3 Å². The Morgan fingerprint density at radius 3 is 2.34 bits per heavy atom. The van der Waals surface area contributed by atoms with Crippen LogP contribution in [0.1, 0.15) is 79.7 Å². The van der Waals surface area contributed by atoms with Gasteiger partial charge in [0.15, 0.2) is 5.82 Å². The Hall–Kier alpha value is -5.43. The number of amides is 1. The van der Waals surface area contributed by atoms with E-state index in [1.54, 1.807) is 29.1 Å². The molecule has 20 heteroatoms. The highest BCUT2D eigenvalue weighted by atomic mass is 35.5. The molecule has 2 aliphatic carbocycles. The quantitative estimate of drug-likeness (QED) is 0.125. The van der Waals surface area contributed by atoms with Gasteiger partial charge >= 0.3 is 0 Å². The molecule has 4 aromatic heterocycles. The molecule has 1 amide bonds. The molecule has 0 bridgehead atoms. The summed E-state index contributed by atoms with van der Waals surface area (Å²) in [4.78, 5) is 18.9. The van der Waals surface area contributed by atoms with Crippen LogP contribution < -0.4 is 10.5 Å². The number of pyridine rings is 1. The lowest BCUT2D eigenvalue weighted by Gasteiger charge is -2.30. The third-order valence-electron chi connectivity index (χ3n) is 10.8. The lowest BCUT2D eigenvalue weighted by atomic mass is 9.83. The number of nitrogens with two attached hydrogens (primary N) is 1. The van der Waals surface area contributed by atoms with E-state index in [9.17, 15) is 30.8 Å². The summed E-state index contributed by atoms with van der Waals surface area (Å²) >= 11 is 6.65. The maximum absolute atomic E-state index is 16.2. The van der Waals surface area contributed by atoms with Gasteiger partial charge in [-0.15, -0.1) is 0 Å². The first-order chi connectivity index (χ1) is 27.5. The van der Waals surface area contributed by atoms with Crippen molar-refractivity contribution in [1.82, 2.24) is 34.3 Å². The summed E-state index contributed by atoms with van der Waals surface area (Å²) in [6.07, 6.45) is 0.335. The molecule has 4 atom stereocenters. The van der Waals surface area contributed by atoms with Crippen LogP contribution in [0.3, 0.4) is 0 Å². The maximum Gasteiger partial charge on any atom is 0.293 e. The van der Waals surface area contributed by atoms with Crippen LogP contribution in [0.2, 0.25) is 5.02 Å². The van der Waals surface area contributed by atoms with Crippen molar-refractivity contribution in [2.24, 2.45) is 18.7 Å². The number of hydrogen-bond donors (Lipinski definition) is 2. The number of nitrogens with zero attached hydrogens (tertiary/aromatic N) is 7. The highest BCUT2D eigenvalue weighted by Gasteiger charge is 2.67. The molecule has 12 nitrogen and oxygen atoms in total. The minimum Gasteiger partial charge on any atom is -0.368 e. The zero-order valence-electron chi connectivity index (χ0n) is 32.0. The molecule has 0 saturated heterocycles. The number of fused-ring (bicyclic) bond motifs is 4. The van der Waals surface area contributed by atoms with Crippen LogP contribution in [0, 0.1) is 17.6 Å². The molecule has 0 aliphatic heterocycles. The molecule has 2 aliphatic rings. The number of carbonyl (C=O) groups is 1. The van der Waals surface area contributed by atoms with Crippen molar-refractivity contribution < 1.29 is 39.6 Å². The average Bonchev–Trinajstić information content (AvgIpc) is 3.37. The first-order valence-electron chi connectivity index (χ1n) is 18.3. The summed E-state index contributed by atoms with van der Waals surface area (Å²) in [6.45, 7) is 5.75. The van der Waals surface area contributed by atoms with Crippen LogP contribution in [0.5, 0.6) is 0 Å². The Kier molecular flexibility index (Phi) is 9.45. The molecular formula is C39H36ClF6N9O3S. The normalized spacial score (nSPS) is 18.3. The number of alkyl halides is 4. The number of rotatable bonds is 11. The Labute approximate surface area is 338 Å². The summed E-state index contributed by atoms with van der Waals surface area (Å²) in [6, 6.07) is 6.86. The maximum atomic E-state index is 16.2. The number of hydrogen-bond acceptors (Lipinski definition) is 7. The van der Waals surface area contributed by atoms with Crippen molar-refractivity contribution in [3.8, 4) is 22.4 Å². The number of carbonyl (C=O) groups excluding carboxylic acids is 1. The molecule has 59 heavy (non-hydrogen) atoms. The summed E-state index contributed by atoms with van der Waals surface area (Å²) < 4.78 is 122. The van der Waals surface area contributed by atoms with Gasteiger partial charge in [-0.3, -0.25) is 23.9 Å². The number of aromatic nitrogens is 7. The van der Waals surface area contributed by atoms with Crippen molar-refractivity contribution in [3.63, 3.8) is 0 Å². The second-order valence-electron chi connectivity index (χ2n) is 16.0. The van der Waals surface area contributed by atoms with Gasteiger partial charge in [-0.05, 0) is 69.4 Å². The van der Waals surface area contributed by atoms with Crippen LogP contribution in [-0.4, -0.2) is 54.9 Å². The number of nitrogens with one attached hydrogen (secondary N) is 1. The van der Waals surface area contributed by atoms with E-state index >= 15 is 8.78 Å². The van der Waals surface area contributed by atoms with Crippen LogP contribution in [-0.2, 0) is 39.7 Å². The second kappa shape index (κ2) is 13.8. The van der Waals surface area contributed by atoms with Gasteiger partial charge in [0.25, 0.3) is 12.3 Å². The summed E-state index contributed by atoms with van der Waals surface area (Å²) in [5.74, 6) is -10.8. The van der Waals surface area contributed by atoms with Crippen molar-refractivity contribution in [3.05, 3.63) is 99.7 Å². The molecule has 3 N–H and O–H groups in total. The highest BCUT2D eigenvalue weighted by molar-refractivity contribution is 7.92. The molecule has 0 spiro atoms.